The molecule has 1 aliphatic rings. The molecule has 1 aromatic heterocycles. The molecule has 0 spiro atoms. The van der Waals surface area contributed by atoms with Crippen molar-refractivity contribution in [2.24, 2.45) is 5.92 Å². The smallest absolute Gasteiger partial charge is 0.303 e. The Morgan fingerprint density at radius 3 is 2.94 bits per heavy atom. The van der Waals surface area contributed by atoms with Gasteiger partial charge in [-0.2, -0.15) is 0 Å². The SMILES string of the molecule is O=C(O)CC1CCN(C(=O)c2cncc(Br)c2)C1. The highest BCUT2D eigenvalue weighted by Crippen LogP contribution is 2.22. The molecule has 1 aliphatic heterocycles. The van der Waals surface area contributed by atoms with Gasteiger partial charge in [0.1, 0.15) is 0 Å². The van der Waals surface area contributed by atoms with Crippen LogP contribution in [0.2, 0.25) is 0 Å². The topological polar surface area (TPSA) is 70.5 Å². The first kappa shape index (κ1) is 13.0. The molecule has 1 atom stereocenters. The Morgan fingerprint density at radius 2 is 2.28 bits per heavy atom. The van der Waals surface area contributed by atoms with Crippen molar-refractivity contribution in [1.29, 1.82) is 0 Å². The maximum Gasteiger partial charge on any atom is 0.303 e. The lowest BCUT2D eigenvalue weighted by Crippen LogP contribution is -2.29. The van der Waals surface area contributed by atoms with E-state index in [-0.39, 0.29) is 18.2 Å². The molecule has 2 heterocycles. The Kier molecular flexibility index (Phi) is 3.96. The second-order valence-corrected chi connectivity index (χ2v) is 5.31. The quantitative estimate of drug-likeness (QED) is 0.923. The maximum absolute atomic E-state index is 12.1. The summed E-state index contributed by atoms with van der Waals surface area (Å²) in [5, 5.41) is 8.73. The van der Waals surface area contributed by atoms with Crippen LogP contribution in [0.4, 0.5) is 0 Å². The van der Waals surface area contributed by atoms with Crippen molar-refractivity contribution in [2.45, 2.75) is 12.8 Å². The molecule has 1 unspecified atom stereocenters. The minimum atomic E-state index is -0.807. The Bertz CT molecular complexity index is 478. The number of pyridine rings is 1. The lowest BCUT2D eigenvalue weighted by atomic mass is 10.1. The molecule has 0 saturated carbocycles. The first-order chi connectivity index (χ1) is 8.56. The molecule has 1 fully saturated rings. The first-order valence-electron chi connectivity index (χ1n) is 5.68. The third kappa shape index (κ3) is 3.07. The average Bonchev–Trinajstić information content (AvgIpc) is 2.75. The Hall–Kier alpha value is -1.43. The van der Waals surface area contributed by atoms with Crippen molar-refractivity contribution in [2.75, 3.05) is 13.1 Å². The number of carbonyl (C=O) groups is 2. The Labute approximate surface area is 113 Å². The van der Waals surface area contributed by atoms with E-state index in [1.54, 1.807) is 17.2 Å². The zero-order valence-corrected chi connectivity index (χ0v) is 11.3. The zero-order chi connectivity index (χ0) is 13.1. The first-order valence-corrected chi connectivity index (χ1v) is 6.47. The van der Waals surface area contributed by atoms with Crippen LogP contribution in [0.3, 0.4) is 0 Å². The standard InChI is InChI=1S/C12H13BrN2O3/c13-10-4-9(5-14-6-10)12(18)15-2-1-8(7-15)3-11(16)17/h4-6,8H,1-3,7H2,(H,16,17). The van der Waals surface area contributed by atoms with E-state index < -0.39 is 5.97 Å². The number of hydrogen-bond acceptors (Lipinski definition) is 3. The predicted molar refractivity (Wildman–Crippen MR) is 68.2 cm³/mol. The molecule has 0 bridgehead atoms. The Balaban J connectivity index is 2.01. The Morgan fingerprint density at radius 1 is 1.50 bits per heavy atom. The van der Waals surface area contributed by atoms with Crippen molar-refractivity contribution >= 4 is 27.8 Å². The maximum atomic E-state index is 12.1. The molecule has 96 valence electrons. The van der Waals surface area contributed by atoms with Gasteiger partial charge in [0, 0.05) is 36.4 Å². The number of hydrogen-bond donors (Lipinski definition) is 1. The van der Waals surface area contributed by atoms with Crippen LogP contribution in [-0.2, 0) is 4.79 Å². The summed E-state index contributed by atoms with van der Waals surface area (Å²) >= 11 is 3.27. The van der Waals surface area contributed by atoms with Gasteiger partial charge in [-0.25, -0.2) is 0 Å². The number of halogens is 1. The lowest BCUT2D eigenvalue weighted by Gasteiger charge is -2.16. The van der Waals surface area contributed by atoms with Crippen LogP contribution in [0.5, 0.6) is 0 Å². The molecule has 0 aromatic carbocycles. The fourth-order valence-corrected chi connectivity index (χ4v) is 2.51. The van der Waals surface area contributed by atoms with Gasteiger partial charge in [0.25, 0.3) is 5.91 Å². The van der Waals surface area contributed by atoms with Gasteiger partial charge in [-0.3, -0.25) is 14.6 Å². The molecule has 1 N–H and O–H groups in total. The van der Waals surface area contributed by atoms with E-state index in [1.807, 2.05) is 0 Å². The number of carboxylic acid groups (broad SMARTS) is 1. The minimum Gasteiger partial charge on any atom is -0.481 e. The predicted octanol–water partition coefficient (Wildman–Crippen LogP) is 1.78. The summed E-state index contributed by atoms with van der Waals surface area (Å²) in [5.41, 5.74) is 0.528. The second kappa shape index (κ2) is 5.48. The summed E-state index contributed by atoms with van der Waals surface area (Å²) in [6.45, 7) is 1.13. The summed E-state index contributed by atoms with van der Waals surface area (Å²) in [5.74, 6) is -0.832. The fraction of sp³-hybridized carbons (Fsp3) is 0.417. The average molecular weight is 313 g/mol. The van der Waals surface area contributed by atoms with Crippen molar-refractivity contribution in [3.63, 3.8) is 0 Å². The summed E-state index contributed by atoms with van der Waals surface area (Å²) < 4.78 is 0.759. The van der Waals surface area contributed by atoms with Gasteiger partial charge in [-0.15, -0.1) is 0 Å². The molecular weight excluding hydrogens is 300 g/mol. The normalized spacial score (nSPS) is 18.9. The van der Waals surface area contributed by atoms with Crippen LogP contribution in [0.15, 0.2) is 22.9 Å². The lowest BCUT2D eigenvalue weighted by molar-refractivity contribution is -0.138. The third-order valence-electron chi connectivity index (χ3n) is 2.99. The van der Waals surface area contributed by atoms with Gasteiger partial charge >= 0.3 is 5.97 Å². The minimum absolute atomic E-state index is 0.0616. The van der Waals surface area contributed by atoms with Crippen LogP contribution >= 0.6 is 15.9 Å². The van der Waals surface area contributed by atoms with Gasteiger partial charge < -0.3 is 10.0 Å². The number of rotatable bonds is 3. The van der Waals surface area contributed by atoms with Gasteiger partial charge in [0.05, 0.1) is 5.56 Å². The number of carbonyl (C=O) groups excluding carboxylic acids is 1. The number of aliphatic carboxylic acids is 1. The molecule has 0 aliphatic carbocycles. The number of carboxylic acids is 1. The highest BCUT2D eigenvalue weighted by Gasteiger charge is 2.28. The number of nitrogens with zero attached hydrogens (tertiary/aromatic N) is 2. The van der Waals surface area contributed by atoms with Crippen LogP contribution < -0.4 is 0 Å². The van der Waals surface area contributed by atoms with Crippen molar-refractivity contribution in [1.82, 2.24) is 9.88 Å². The summed E-state index contributed by atoms with van der Waals surface area (Å²) in [6, 6.07) is 1.72. The molecule has 5 nitrogen and oxygen atoms in total. The summed E-state index contributed by atoms with van der Waals surface area (Å²) in [6.07, 6.45) is 4.02. The van der Waals surface area contributed by atoms with Crippen LogP contribution in [-0.4, -0.2) is 40.0 Å². The van der Waals surface area contributed by atoms with Gasteiger partial charge in [-0.1, -0.05) is 0 Å². The summed E-state index contributed by atoms with van der Waals surface area (Å²) in [7, 11) is 0. The van der Waals surface area contributed by atoms with E-state index >= 15 is 0 Å². The van der Waals surface area contributed by atoms with Gasteiger partial charge in [-0.05, 0) is 34.3 Å². The van der Waals surface area contributed by atoms with E-state index in [1.165, 1.54) is 6.20 Å². The van der Waals surface area contributed by atoms with E-state index in [2.05, 4.69) is 20.9 Å². The third-order valence-corrected chi connectivity index (χ3v) is 3.42. The number of aromatic nitrogens is 1. The molecule has 18 heavy (non-hydrogen) atoms. The molecule has 1 saturated heterocycles. The van der Waals surface area contributed by atoms with Crippen molar-refractivity contribution < 1.29 is 14.7 Å². The van der Waals surface area contributed by atoms with E-state index in [4.69, 9.17) is 5.11 Å². The van der Waals surface area contributed by atoms with E-state index in [9.17, 15) is 9.59 Å². The monoisotopic (exact) mass is 312 g/mol. The highest BCUT2D eigenvalue weighted by atomic mass is 79.9. The molecule has 0 radical (unpaired) electrons. The molecule has 1 aromatic rings. The van der Waals surface area contributed by atoms with Crippen LogP contribution in [0.25, 0.3) is 0 Å². The van der Waals surface area contributed by atoms with Gasteiger partial charge in [0.15, 0.2) is 0 Å². The van der Waals surface area contributed by atoms with Crippen LogP contribution in [0, 0.1) is 5.92 Å². The van der Waals surface area contributed by atoms with E-state index in [0.29, 0.717) is 18.7 Å². The molecular formula is C12H13BrN2O3. The molecule has 1 amide bonds. The van der Waals surface area contributed by atoms with E-state index in [0.717, 1.165) is 10.9 Å². The number of likely N-dealkylation sites (tertiary alicyclic amines) is 1. The largest absolute Gasteiger partial charge is 0.481 e. The van der Waals surface area contributed by atoms with Crippen molar-refractivity contribution in [3.8, 4) is 0 Å². The second-order valence-electron chi connectivity index (χ2n) is 4.40. The molecule has 6 heteroatoms. The summed E-state index contributed by atoms with van der Waals surface area (Å²) in [4.78, 5) is 28.4. The molecule has 2 rings (SSSR count). The van der Waals surface area contributed by atoms with Crippen molar-refractivity contribution in [3.05, 3.63) is 28.5 Å². The highest BCUT2D eigenvalue weighted by molar-refractivity contribution is 9.10. The van der Waals surface area contributed by atoms with Crippen LogP contribution in [0.1, 0.15) is 23.2 Å². The fourth-order valence-electron chi connectivity index (χ4n) is 2.14. The van der Waals surface area contributed by atoms with Gasteiger partial charge in [0.2, 0.25) is 0 Å². The zero-order valence-electron chi connectivity index (χ0n) is 9.67. The number of amides is 1.